The standard InChI is InChI=1S/C20H24N2O2/c1-21(2)13-20(23)10-11-22(14-20)12-15-6-5-8-17-16-7-3-4-9-18(16)24-19(15)17/h3-9,23H,10-14H2,1-2H3. The molecule has 0 amide bonds. The zero-order valence-electron chi connectivity index (χ0n) is 14.3. The topological polar surface area (TPSA) is 39.9 Å². The van der Waals surface area contributed by atoms with Crippen molar-refractivity contribution in [1.29, 1.82) is 0 Å². The first kappa shape index (κ1) is 15.6. The van der Waals surface area contributed by atoms with Gasteiger partial charge in [-0.2, -0.15) is 0 Å². The molecule has 126 valence electrons. The fourth-order valence-corrected chi connectivity index (χ4v) is 3.96. The van der Waals surface area contributed by atoms with Crippen LogP contribution in [0.4, 0.5) is 0 Å². The second-order valence-electron chi connectivity index (χ2n) is 7.31. The molecule has 0 radical (unpaired) electrons. The highest BCUT2D eigenvalue weighted by atomic mass is 16.3. The summed E-state index contributed by atoms with van der Waals surface area (Å²) >= 11 is 0. The molecule has 0 aliphatic carbocycles. The van der Waals surface area contributed by atoms with E-state index in [2.05, 4.69) is 34.1 Å². The average molecular weight is 324 g/mol. The van der Waals surface area contributed by atoms with Crippen molar-refractivity contribution in [2.75, 3.05) is 33.7 Å². The van der Waals surface area contributed by atoms with Gasteiger partial charge in [0, 0.05) is 42.5 Å². The van der Waals surface area contributed by atoms with Gasteiger partial charge >= 0.3 is 0 Å². The number of β-amino-alcohol motifs (C(OH)–C–C–N with tert-alkyl or cyclic N) is 1. The van der Waals surface area contributed by atoms with Gasteiger partial charge in [-0.25, -0.2) is 0 Å². The highest BCUT2D eigenvalue weighted by Gasteiger charge is 2.36. The van der Waals surface area contributed by atoms with Gasteiger partial charge in [-0.15, -0.1) is 0 Å². The molecule has 1 aliphatic heterocycles. The van der Waals surface area contributed by atoms with Crippen LogP contribution in [0, 0.1) is 0 Å². The molecule has 1 fully saturated rings. The number of para-hydroxylation sites is 2. The normalized spacial score (nSPS) is 22.2. The Labute approximate surface area is 142 Å². The molecule has 0 spiro atoms. The van der Waals surface area contributed by atoms with Crippen molar-refractivity contribution in [1.82, 2.24) is 9.80 Å². The maximum Gasteiger partial charge on any atom is 0.139 e. The van der Waals surface area contributed by atoms with Crippen molar-refractivity contribution < 1.29 is 9.52 Å². The Kier molecular flexibility index (Phi) is 3.83. The number of furan rings is 1. The van der Waals surface area contributed by atoms with E-state index in [1.807, 2.05) is 32.3 Å². The van der Waals surface area contributed by atoms with Gasteiger partial charge in [0.25, 0.3) is 0 Å². The van der Waals surface area contributed by atoms with Gasteiger partial charge in [-0.3, -0.25) is 4.90 Å². The summed E-state index contributed by atoms with van der Waals surface area (Å²) in [5.41, 5.74) is 2.50. The maximum atomic E-state index is 10.7. The van der Waals surface area contributed by atoms with Crippen LogP contribution in [-0.4, -0.2) is 54.2 Å². The molecule has 1 unspecified atom stereocenters. The number of fused-ring (bicyclic) bond motifs is 3. The fourth-order valence-electron chi connectivity index (χ4n) is 3.96. The van der Waals surface area contributed by atoms with Crippen molar-refractivity contribution in [3.05, 3.63) is 48.0 Å². The van der Waals surface area contributed by atoms with Crippen LogP contribution in [0.1, 0.15) is 12.0 Å². The van der Waals surface area contributed by atoms with Gasteiger partial charge in [0.15, 0.2) is 0 Å². The molecule has 1 aliphatic rings. The fraction of sp³-hybridized carbons (Fsp3) is 0.400. The van der Waals surface area contributed by atoms with E-state index >= 15 is 0 Å². The first-order valence-electron chi connectivity index (χ1n) is 8.53. The molecule has 1 N–H and O–H groups in total. The number of hydrogen-bond donors (Lipinski definition) is 1. The molecule has 2 aromatic carbocycles. The highest BCUT2D eigenvalue weighted by Crippen LogP contribution is 2.32. The van der Waals surface area contributed by atoms with Crippen molar-refractivity contribution in [2.45, 2.75) is 18.6 Å². The van der Waals surface area contributed by atoms with Gasteiger partial charge in [0.2, 0.25) is 0 Å². The van der Waals surface area contributed by atoms with Crippen LogP contribution in [0.15, 0.2) is 46.9 Å². The molecule has 24 heavy (non-hydrogen) atoms. The molecular formula is C20H24N2O2. The van der Waals surface area contributed by atoms with E-state index in [0.29, 0.717) is 13.1 Å². The second kappa shape index (κ2) is 5.88. The second-order valence-corrected chi connectivity index (χ2v) is 7.31. The molecule has 0 bridgehead atoms. The number of benzene rings is 2. The summed E-state index contributed by atoms with van der Waals surface area (Å²) in [6, 6.07) is 14.5. The van der Waals surface area contributed by atoms with Gasteiger partial charge in [-0.05, 0) is 26.6 Å². The Bertz CT molecular complexity index is 870. The Balaban J connectivity index is 1.61. The maximum absolute atomic E-state index is 10.7. The van der Waals surface area contributed by atoms with Crippen molar-refractivity contribution in [3.63, 3.8) is 0 Å². The van der Waals surface area contributed by atoms with Gasteiger partial charge in [0.05, 0.1) is 5.60 Å². The first-order valence-corrected chi connectivity index (χ1v) is 8.53. The summed E-state index contributed by atoms with van der Waals surface area (Å²) in [7, 11) is 4.02. The highest BCUT2D eigenvalue weighted by molar-refractivity contribution is 6.05. The SMILES string of the molecule is CN(C)CC1(O)CCN(Cc2cccc3c2oc2ccccc23)C1. The Hall–Kier alpha value is -1.88. The quantitative estimate of drug-likeness (QED) is 0.800. The third-order valence-electron chi connectivity index (χ3n) is 4.90. The van der Waals surface area contributed by atoms with Crippen molar-refractivity contribution in [2.24, 2.45) is 0 Å². The molecule has 2 heterocycles. The summed E-state index contributed by atoms with van der Waals surface area (Å²) < 4.78 is 6.11. The largest absolute Gasteiger partial charge is 0.456 e. The van der Waals surface area contributed by atoms with Crippen molar-refractivity contribution in [3.8, 4) is 0 Å². The van der Waals surface area contributed by atoms with Crippen LogP contribution in [0.3, 0.4) is 0 Å². The zero-order chi connectivity index (χ0) is 16.7. The predicted molar refractivity (Wildman–Crippen MR) is 97.1 cm³/mol. The monoisotopic (exact) mass is 324 g/mol. The Morgan fingerprint density at radius 1 is 1.12 bits per heavy atom. The molecule has 4 nitrogen and oxygen atoms in total. The van der Waals surface area contributed by atoms with Crippen LogP contribution in [0.5, 0.6) is 0 Å². The molecule has 3 aromatic rings. The van der Waals surface area contributed by atoms with Crippen LogP contribution in [-0.2, 0) is 6.54 Å². The summed E-state index contributed by atoms with van der Waals surface area (Å²) in [6.45, 7) is 3.15. The molecular weight excluding hydrogens is 300 g/mol. The van der Waals surface area contributed by atoms with E-state index in [9.17, 15) is 5.11 Å². The third-order valence-corrected chi connectivity index (χ3v) is 4.90. The lowest BCUT2D eigenvalue weighted by Crippen LogP contribution is -2.42. The molecule has 1 saturated heterocycles. The minimum absolute atomic E-state index is 0.606. The lowest BCUT2D eigenvalue weighted by molar-refractivity contribution is 0.0240. The van der Waals surface area contributed by atoms with Crippen LogP contribution >= 0.6 is 0 Å². The van der Waals surface area contributed by atoms with Gasteiger partial charge in [-0.1, -0.05) is 36.4 Å². The first-order chi connectivity index (χ1) is 11.5. The number of nitrogens with zero attached hydrogens (tertiary/aromatic N) is 2. The van der Waals surface area contributed by atoms with E-state index < -0.39 is 5.60 Å². The summed E-state index contributed by atoms with van der Waals surface area (Å²) in [4.78, 5) is 4.38. The third kappa shape index (κ3) is 2.81. The van der Waals surface area contributed by atoms with Crippen LogP contribution < -0.4 is 0 Å². The average Bonchev–Trinajstić information content (AvgIpc) is 3.08. The molecule has 0 saturated carbocycles. The summed E-state index contributed by atoms with van der Waals surface area (Å²) in [5, 5.41) is 13.1. The van der Waals surface area contributed by atoms with E-state index in [4.69, 9.17) is 4.42 Å². The summed E-state index contributed by atoms with van der Waals surface area (Å²) in [5.74, 6) is 0. The van der Waals surface area contributed by atoms with Crippen LogP contribution in [0.25, 0.3) is 21.9 Å². The molecule has 4 rings (SSSR count). The van der Waals surface area contributed by atoms with Crippen molar-refractivity contribution >= 4 is 21.9 Å². The Morgan fingerprint density at radius 2 is 1.92 bits per heavy atom. The van der Waals surface area contributed by atoms with E-state index in [1.54, 1.807) is 0 Å². The lowest BCUT2D eigenvalue weighted by atomic mass is 10.0. The molecule has 4 heteroatoms. The minimum atomic E-state index is -0.606. The number of hydrogen-bond acceptors (Lipinski definition) is 4. The number of likely N-dealkylation sites (N-methyl/N-ethyl adjacent to an activating group) is 1. The smallest absolute Gasteiger partial charge is 0.139 e. The number of likely N-dealkylation sites (tertiary alicyclic amines) is 1. The van der Waals surface area contributed by atoms with E-state index in [1.165, 1.54) is 16.3 Å². The molecule has 1 atom stereocenters. The predicted octanol–water partition coefficient (Wildman–Crippen LogP) is 3.08. The summed E-state index contributed by atoms with van der Waals surface area (Å²) in [6.07, 6.45) is 0.821. The van der Waals surface area contributed by atoms with Gasteiger partial charge in [0.1, 0.15) is 11.2 Å². The molecule has 1 aromatic heterocycles. The Morgan fingerprint density at radius 3 is 2.75 bits per heavy atom. The minimum Gasteiger partial charge on any atom is -0.456 e. The van der Waals surface area contributed by atoms with E-state index in [0.717, 1.165) is 30.7 Å². The number of rotatable bonds is 4. The van der Waals surface area contributed by atoms with E-state index in [-0.39, 0.29) is 0 Å². The zero-order valence-corrected chi connectivity index (χ0v) is 14.3. The van der Waals surface area contributed by atoms with Crippen LogP contribution in [0.2, 0.25) is 0 Å². The van der Waals surface area contributed by atoms with Gasteiger partial charge < -0.3 is 14.4 Å². The number of aliphatic hydroxyl groups is 1. The lowest BCUT2D eigenvalue weighted by Gasteiger charge is -2.26.